The number of fused-ring (bicyclic) bond motifs is 3. The van der Waals surface area contributed by atoms with E-state index in [9.17, 15) is 9.59 Å². The first-order chi connectivity index (χ1) is 15.6. The van der Waals surface area contributed by atoms with Gasteiger partial charge in [-0.3, -0.25) is 9.59 Å². The molecule has 0 unspecified atom stereocenters. The summed E-state index contributed by atoms with van der Waals surface area (Å²) in [6.07, 6.45) is 0. The van der Waals surface area contributed by atoms with Crippen molar-refractivity contribution in [2.75, 3.05) is 19.5 Å². The van der Waals surface area contributed by atoms with Crippen LogP contribution in [0.2, 0.25) is 0 Å². The van der Waals surface area contributed by atoms with E-state index in [4.69, 9.17) is 9.47 Å². The second-order valence-corrected chi connectivity index (χ2v) is 8.49. The van der Waals surface area contributed by atoms with Gasteiger partial charge in [0.2, 0.25) is 0 Å². The van der Waals surface area contributed by atoms with Crippen molar-refractivity contribution in [3.05, 3.63) is 86.8 Å². The summed E-state index contributed by atoms with van der Waals surface area (Å²) in [5.74, 6) is 1.15. The zero-order valence-electron chi connectivity index (χ0n) is 17.5. The molecule has 5 aromatic rings. The lowest BCUT2D eigenvalue weighted by Crippen LogP contribution is -2.15. The maximum Gasteiger partial charge on any atom is 0.253 e. The van der Waals surface area contributed by atoms with E-state index >= 15 is 0 Å². The third-order valence-electron chi connectivity index (χ3n) is 5.48. The Morgan fingerprint density at radius 3 is 2.44 bits per heavy atom. The van der Waals surface area contributed by atoms with Gasteiger partial charge >= 0.3 is 0 Å². The van der Waals surface area contributed by atoms with Crippen LogP contribution in [0.3, 0.4) is 0 Å². The average Bonchev–Trinajstić information content (AvgIpc) is 2.82. The van der Waals surface area contributed by atoms with E-state index in [0.717, 1.165) is 25.9 Å². The molecule has 0 spiro atoms. The number of benzene rings is 3. The molecule has 7 heteroatoms. The lowest BCUT2D eigenvalue weighted by Gasteiger charge is -2.11. The summed E-state index contributed by atoms with van der Waals surface area (Å²) in [6, 6.07) is 18.8. The van der Waals surface area contributed by atoms with Crippen LogP contribution in [-0.2, 0) is 6.54 Å². The molecule has 2 heterocycles. The van der Waals surface area contributed by atoms with E-state index in [0.29, 0.717) is 34.5 Å². The molecule has 5 rings (SSSR count). The van der Waals surface area contributed by atoms with Crippen LogP contribution < -0.4 is 25.8 Å². The predicted octanol–water partition coefficient (Wildman–Crippen LogP) is 4.89. The molecule has 0 saturated carbocycles. The Morgan fingerprint density at radius 2 is 1.62 bits per heavy atom. The molecule has 32 heavy (non-hydrogen) atoms. The molecule has 160 valence electrons. The lowest BCUT2D eigenvalue weighted by molar-refractivity contribution is 0.356. The monoisotopic (exact) mass is 444 g/mol. The molecule has 0 bridgehead atoms. The Labute approximate surface area is 187 Å². The quantitative estimate of drug-likeness (QED) is 0.378. The highest BCUT2D eigenvalue weighted by atomic mass is 32.1. The van der Waals surface area contributed by atoms with Crippen molar-refractivity contribution >= 4 is 48.1 Å². The van der Waals surface area contributed by atoms with Crippen molar-refractivity contribution in [2.45, 2.75) is 6.54 Å². The first-order valence-electron chi connectivity index (χ1n) is 10.0. The topological polar surface area (TPSA) is 80.4 Å². The van der Waals surface area contributed by atoms with Crippen LogP contribution in [0, 0.1) is 0 Å². The highest BCUT2D eigenvalue weighted by molar-refractivity contribution is 7.24. The van der Waals surface area contributed by atoms with Gasteiger partial charge in [-0.1, -0.05) is 12.1 Å². The van der Waals surface area contributed by atoms with Gasteiger partial charge in [-0.25, -0.2) is 0 Å². The number of hydrogen-bond donors (Lipinski definition) is 2. The molecule has 0 radical (unpaired) electrons. The van der Waals surface area contributed by atoms with E-state index in [2.05, 4.69) is 10.3 Å². The highest BCUT2D eigenvalue weighted by Crippen LogP contribution is 2.31. The summed E-state index contributed by atoms with van der Waals surface area (Å²) in [5, 5.41) is 5.50. The van der Waals surface area contributed by atoms with Crippen LogP contribution in [0.25, 0.3) is 31.1 Å². The minimum atomic E-state index is -0.185. The zero-order valence-corrected chi connectivity index (χ0v) is 18.3. The lowest BCUT2D eigenvalue weighted by atomic mass is 10.1. The number of pyridine rings is 1. The molecule has 0 atom stereocenters. The number of H-pyrrole nitrogens is 1. The Kier molecular flexibility index (Phi) is 5.03. The van der Waals surface area contributed by atoms with Gasteiger partial charge in [-0.2, -0.15) is 0 Å². The summed E-state index contributed by atoms with van der Waals surface area (Å²) in [5.41, 5.74) is 1.86. The fourth-order valence-corrected chi connectivity index (χ4v) is 4.87. The molecule has 2 N–H and O–H groups in total. The van der Waals surface area contributed by atoms with E-state index in [1.807, 2.05) is 54.6 Å². The van der Waals surface area contributed by atoms with Crippen molar-refractivity contribution in [3.8, 4) is 11.5 Å². The molecule has 0 amide bonds. The van der Waals surface area contributed by atoms with Gasteiger partial charge in [0, 0.05) is 49.4 Å². The van der Waals surface area contributed by atoms with E-state index < -0.39 is 0 Å². The van der Waals surface area contributed by atoms with E-state index in [1.165, 1.54) is 0 Å². The van der Waals surface area contributed by atoms with Crippen LogP contribution >= 0.6 is 11.3 Å². The normalized spacial score (nSPS) is 11.2. The molecule has 0 fully saturated rings. The summed E-state index contributed by atoms with van der Waals surface area (Å²) in [4.78, 5) is 28.4. The van der Waals surface area contributed by atoms with Crippen LogP contribution in [0.1, 0.15) is 5.56 Å². The molecular weight excluding hydrogens is 424 g/mol. The molecule has 2 aromatic heterocycles. The van der Waals surface area contributed by atoms with E-state index in [1.54, 1.807) is 31.6 Å². The number of hydrogen-bond acceptors (Lipinski definition) is 6. The van der Waals surface area contributed by atoms with Gasteiger partial charge in [0.05, 0.1) is 19.7 Å². The summed E-state index contributed by atoms with van der Waals surface area (Å²) >= 11 is 1.59. The van der Waals surface area contributed by atoms with Crippen molar-refractivity contribution in [1.29, 1.82) is 0 Å². The molecule has 0 aliphatic rings. The molecule has 0 saturated heterocycles. The third-order valence-corrected chi connectivity index (χ3v) is 6.64. The standard InChI is InChI=1S/C25H20N2O4S/c1-30-20-10-14-9-15(25(29)27-19(14)12-21(20)31-2)13-26-16-7-8-23-18(11-16)24(28)17-5-3-4-6-22(17)32-23/h3-12,26H,13H2,1-2H3,(H,27,29). The Morgan fingerprint density at radius 1 is 0.875 bits per heavy atom. The van der Waals surface area contributed by atoms with E-state index in [-0.39, 0.29) is 11.0 Å². The van der Waals surface area contributed by atoms with Crippen LogP contribution in [0.15, 0.2) is 70.3 Å². The fraction of sp³-hybridized carbons (Fsp3) is 0.120. The Bertz CT molecular complexity index is 1600. The smallest absolute Gasteiger partial charge is 0.253 e. The zero-order chi connectivity index (χ0) is 22.2. The third kappa shape index (κ3) is 3.46. The second-order valence-electron chi connectivity index (χ2n) is 7.41. The van der Waals surface area contributed by atoms with Crippen molar-refractivity contribution < 1.29 is 9.47 Å². The van der Waals surface area contributed by atoms with Crippen LogP contribution in [0.4, 0.5) is 5.69 Å². The molecule has 0 aliphatic carbocycles. The highest BCUT2D eigenvalue weighted by Gasteiger charge is 2.10. The molecule has 6 nitrogen and oxygen atoms in total. The van der Waals surface area contributed by atoms with Gasteiger partial charge in [0.15, 0.2) is 16.9 Å². The first kappa shape index (κ1) is 20.1. The van der Waals surface area contributed by atoms with Crippen LogP contribution in [0.5, 0.6) is 11.5 Å². The second kappa shape index (κ2) is 8.01. The maximum absolute atomic E-state index is 12.9. The molecule has 0 aliphatic heterocycles. The van der Waals surface area contributed by atoms with Gasteiger partial charge in [0.1, 0.15) is 0 Å². The number of nitrogens with one attached hydrogen (secondary N) is 2. The Balaban J connectivity index is 1.49. The number of anilines is 1. The number of rotatable bonds is 5. The van der Waals surface area contributed by atoms with Crippen molar-refractivity contribution in [3.63, 3.8) is 0 Å². The minimum absolute atomic E-state index is 0.0163. The number of methoxy groups -OCH3 is 2. The average molecular weight is 445 g/mol. The fourth-order valence-electron chi connectivity index (χ4n) is 3.82. The summed E-state index contributed by atoms with van der Waals surface area (Å²) in [7, 11) is 3.13. The van der Waals surface area contributed by atoms with Crippen molar-refractivity contribution in [2.24, 2.45) is 0 Å². The Hall–Kier alpha value is -3.84. The predicted molar refractivity (Wildman–Crippen MR) is 131 cm³/mol. The number of aromatic amines is 1. The van der Waals surface area contributed by atoms with Gasteiger partial charge < -0.3 is 19.8 Å². The SMILES string of the molecule is COc1cc2cc(CNc3ccc4sc5ccccc5c(=O)c4c3)c(=O)[nH]c2cc1OC. The van der Waals surface area contributed by atoms with Crippen molar-refractivity contribution in [1.82, 2.24) is 4.98 Å². The molecule has 3 aromatic carbocycles. The largest absolute Gasteiger partial charge is 0.493 e. The number of aromatic nitrogens is 1. The van der Waals surface area contributed by atoms with Gasteiger partial charge in [-0.05, 0) is 42.5 Å². The maximum atomic E-state index is 12.9. The number of ether oxygens (including phenoxy) is 2. The molecular formula is C25H20N2O4S. The minimum Gasteiger partial charge on any atom is -0.493 e. The van der Waals surface area contributed by atoms with Crippen LogP contribution in [-0.4, -0.2) is 19.2 Å². The van der Waals surface area contributed by atoms with Gasteiger partial charge in [0.25, 0.3) is 5.56 Å². The summed E-state index contributed by atoms with van der Waals surface area (Å²) < 4.78 is 12.6. The summed E-state index contributed by atoms with van der Waals surface area (Å²) in [6.45, 7) is 0.316. The van der Waals surface area contributed by atoms with Gasteiger partial charge in [-0.15, -0.1) is 11.3 Å². The first-order valence-corrected chi connectivity index (χ1v) is 10.9.